The number of hydrogen-bond donors (Lipinski definition) is 3. The molecule has 6 rings (SSSR count). The molecule has 4 aliphatic rings. The van der Waals surface area contributed by atoms with Gasteiger partial charge < -0.3 is 15.7 Å². The second-order valence-corrected chi connectivity index (χ2v) is 10.2. The molecule has 168 valence electrons. The number of carbonyl (C=O) groups is 2. The Bertz CT molecular complexity index is 1050. The maximum Gasteiger partial charge on any atom is 0.270 e. The van der Waals surface area contributed by atoms with Crippen molar-refractivity contribution in [3.05, 3.63) is 59.2 Å². The molecule has 2 amide bonds. The van der Waals surface area contributed by atoms with Crippen molar-refractivity contribution in [2.75, 3.05) is 0 Å². The maximum absolute atomic E-state index is 13.1. The molecule has 4 fully saturated rings. The number of rotatable bonds is 5. The Morgan fingerprint density at radius 3 is 2.00 bits per heavy atom. The molecule has 4 aliphatic carbocycles. The number of nitrogens with one attached hydrogen (secondary N) is 2. The van der Waals surface area contributed by atoms with E-state index in [4.69, 9.17) is 0 Å². The first-order chi connectivity index (χ1) is 15.2. The fourth-order valence-electron chi connectivity index (χ4n) is 6.64. The quantitative estimate of drug-likeness (QED) is 0.671. The molecule has 3 N–H and O–H groups in total. The number of aliphatic hydroxyl groups is 1. The van der Waals surface area contributed by atoms with E-state index in [1.54, 1.807) is 31.2 Å². The van der Waals surface area contributed by atoms with Crippen LogP contribution < -0.4 is 10.6 Å². The average Bonchev–Trinajstić information content (AvgIpc) is 2.72. The lowest BCUT2D eigenvalue weighted by Crippen LogP contribution is -2.70. The lowest BCUT2D eigenvalue weighted by atomic mass is 9.49. The molecule has 7 heteroatoms. The van der Waals surface area contributed by atoms with Gasteiger partial charge in [0, 0.05) is 16.8 Å². The molecule has 4 saturated carbocycles. The second kappa shape index (κ2) is 7.66. The first kappa shape index (κ1) is 21.1. The molecule has 2 heterocycles. The zero-order valence-corrected chi connectivity index (χ0v) is 18.6. The Labute approximate surface area is 188 Å². The summed E-state index contributed by atoms with van der Waals surface area (Å²) in [5, 5.41) is 16.5. The standard InChI is InChI=1S/C25H30N4O3/c1-15-5-3-7-20(26-15)22(31)28-24-10-17-9-18(11-24)13-25(12-17,14-24)29-23(32)21-8-4-6-19(27-21)16(2)30/h3-8,16-18,30H,9-14H2,1-2H3,(H,28,31)(H,29,32). The molecule has 3 unspecified atom stereocenters. The zero-order valence-electron chi connectivity index (χ0n) is 18.6. The van der Waals surface area contributed by atoms with Crippen LogP contribution in [-0.2, 0) is 0 Å². The molecule has 7 nitrogen and oxygen atoms in total. The Balaban J connectivity index is 1.37. The van der Waals surface area contributed by atoms with Crippen molar-refractivity contribution in [2.45, 2.75) is 69.6 Å². The molecule has 0 aliphatic heterocycles. The van der Waals surface area contributed by atoms with Gasteiger partial charge in [-0.05, 0) is 88.5 Å². The number of pyridine rings is 2. The average molecular weight is 435 g/mol. The highest BCUT2D eigenvalue weighted by Crippen LogP contribution is 2.57. The van der Waals surface area contributed by atoms with E-state index in [9.17, 15) is 14.7 Å². The zero-order chi connectivity index (χ0) is 22.5. The highest BCUT2D eigenvalue weighted by Gasteiger charge is 2.58. The van der Waals surface area contributed by atoms with E-state index >= 15 is 0 Å². The molecular formula is C25H30N4O3. The van der Waals surface area contributed by atoms with Gasteiger partial charge in [0.2, 0.25) is 0 Å². The monoisotopic (exact) mass is 434 g/mol. The van der Waals surface area contributed by atoms with E-state index in [0.29, 0.717) is 28.9 Å². The lowest BCUT2D eigenvalue weighted by molar-refractivity contribution is -0.0449. The van der Waals surface area contributed by atoms with Crippen LogP contribution in [0.4, 0.5) is 0 Å². The van der Waals surface area contributed by atoms with Crippen LogP contribution in [0, 0.1) is 18.8 Å². The lowest BCUT2D eigenvalue weighted by Gasteiger charge is -2.62. The molecule has 3 atom stereocenters. The SMILES string of the molecule is Cc1cccc(C(=O)NC23CC4CC(C2)CC(NC(=O)c2cccc(C(C)O)n2)(C4)C3)n1. The van der Waals surface area contributed by atoms with Gasteiger partial charge in [-0.25, -0.2) is 9.97 Å². The van der Waals surface area contributed by atoms with E-state index in [0.717, 1.165) is 44.2 Å². The van der Waals surface area contributed by atoms with E-state index in [1.807, 2.05) is 19.1 Å². The summed E-state index contributed by atoms with van der Waals surface area (Å²) < 4.78 is 0. The molecule has 4 bridgehead atoms. The number of hydrogen-bond acceptors (Lipinski definition) is 5. The van der Waals surface area contributed by atoms with Gasteiger partial charge in [0.05, 0.1) is 11.8 Å². The van der Waals surface area contributed by atoms with Gasteiger partial charge in [0.1, 0.15) is 11.4 Å². The number of carbonyl (C=O) groups excluding carboxylic acids is 2. The molecule has 0 aromatic carbocycles. The van der Waals surface area contributed by atoms with Crippen LogP contribution in [0.5, 0.6) is 0 Å². The summed E-state index contributed by atoms with van der Waals surface area (Å²) in [5.74, 6) is 0.623. The normalized spacial score (nSPS) is 31.2. The third-order valence-corrected chi connectivity index (χ3v) is 7.37. The number of aromatic nitrogens is 2. The van der Waals surface area contributed by atoms with Crippen molar-refractivity contribution in [3.63, 3.8) is 0 Å². The fraction of sp³-hybridized carbons (Fsp3) is 0.520. The van der Waals surface area contributed by atoms with Crippen molar-refractivity contribution in [3.8, 4) is 0 Å². The van der Waals surface area contributed by atoms with Gasteiger partial charge in [-0.2, -0.15) is 0 Å². The maximum atomic E-state index is 13.1. The second-order valence-electron chi connectivity index (χ2n) is 10.2. The summed E-state index contributed by atoms with van der Waals surface area (Å²) in [7, 11) is 0. The van der Waals surface area contributed by atoms with Gasteiger partial charge in [-0.1, -0.05) is 12.1 Å². The summed E-state index contributed by atoms with van der Waals surface area (Å²) in [5.41, 5.74) is 1.42. The van der Waals surface area contributed by atoms with Gasteiger partial charge in [0.25, 0.3) is 11.8 Å². The fourth-order valence-corrected chi connectivity index (χ4v) is 6.64. The summed E-state index contributed by atoms with van der Waals surface area (Å²) >= 11 is 0. The topological polar surface area (TPSA) is 104 Å². The number of aryl methyl sites for hydroxylation is 1. The minimum Gasteiger partial charge on any atom is -0.387 e. The molecule has 2 aromatic heterocycles. The van der Waals surface area contributed by atoms with Crippen LogP contribution in [0.1, 0.15) is 83.9 Å². The molecule has 0 spiro atoms. The first-order valence-corrected chi connectivity index (χ1v) is 11.5. The highest BCUT2D eigenvalue weighted by atomic mass is 16.3. The van der Waals surface area contributed by atoms with E-state index < -0.39 is 6.10 Å². The summed E-state index contributed by atoms with van der Waals surface area (Å²) in [6, 6.07) is 10.6. The molecule has 0 saturated heterocycles. The van der Waals surface area contributed by atoms with Crippen LogP contribution >= 0.6 is 0 Å². The van der Waals surface area contributed by atoms with Crippen LogP contribution in [0.15, 0.2) is 36.4 Å². The van der Waals surface area contributed by atoms with Crippen molar-refractivity contribution in [2.24, 2.45) is 11.8 Å². The van der Waals surface area contributed by atoms with E-state index in [2.05, 4.69) is 20.6 Å². The smallest absolute Gasteiger partial charge is 0.270 e. The number of amides is 2. The molecular weight excluding hydrogens is 404 g/mol. The summed E-state index contributed by atoms with van der Waals surface area (Å²) in [6.07, 6.45) is 4.94. The van der Waals surface area contributed by atoms with Gasteiger partial charge >= 0.3 is 0 Å². The van der Waals surface area contributed by atoms with Crippen LogP contribution in [0.2, 0.25) is 0 Å². The number of aliphatic hydroxyl groups excluding tert-OH is 1. The van der Waals surface area contributed by atoms with Crippen LogP contribution in [0.3, 0.4) is 0 Å². The Kier molecular flexibility index (Phi) is 5.04. The Morgan fingerprint density at radius 2 is 1.47 bits per heavy atom. The van der Waals surface area contributed by atoms with E-state index in [-0.39, 0.29) is 22.9 Å². The highest BCUT2D eigenvalue weighted by molar-refractivity contribution is 5.93. The molecule has 2 aromatic rings. The van der Waals surface area contributed by atoms with Gasteiger partial charge in [0.15, 0.2) is 0 Å². The Morgan fingerprint density at radius 1 is 0.938 bits per heavy atom. The minimum absolute atomic E-state index is 0.136. The van der Waals surface area contributed by atoms with Crippen molar-refractivity contribution < 1.29 is 14.7 Å². The van der Waals surface area contributed by atoms with Crippen molar-refractivity contribution in [1.29, 1.82) is 0 Å². The van der Waals surface area contributed by atoms with Crippen LogP contribution in [-0.4, -0.2) is 38.0 Å². The number of nitrogens with zero attached hydrogens (tertiary/aromatic N) is 2. The van der Waals surface area contributed by atoms with Gasteiger partial charge in [-0.3, -0.25) is 9.59 Å². The third-order valence-electron chi connectivity index (χ3n) is 7.37. The third kappa shape index (κ3) is 3.90. The first-order valence-electron chi connectivity index (χ1n) is 11.5. The predicted octanol–water partition coefficient (Wildman–Crippen LogP) is 3.09. The van der Waals surface area contributed by atoms with Crippen LogP contribution in [0.25, 0.3) is 0 Å². The minimum atomic E-state index is -0.726. The molecule has 32 heavy (non-hydrogen) atoms. The summed E-state index contributed by atoms with van der Waals surface area (Å²) in [6.45, 7) is 3.52. The largest absolute Gasteiger partial charge is 0.387 e. The van der Waals surface area contributed by atoms with Gasteiger partial charge in [-0.15, -0.1) is 0 Å². The predicted molar refractivity (Wildman–Crippen MR) is 119 cm³/mol. The molecule has 0 radical (unpaired) electrons. The van der Waals surface area contributed by atoms with E-state index in [1.165, 1.54) is 0 Å². The Hall–Kier alpha value is -2.80. The van der Waals surface area contributed by atoms with Crippen molar-refractivity contribution >= 4 is 11.8 Å². The van der Waals surface area contributed by atoms with Crippen molar-refractivity contribution in [1.82, 2.24) is 20.6 Å². The summed E-state index contributed by atoms with van der Waals surface area (Å²) in [4.78, 5) is 34.9.